The third-order valence-corrected chi connectivity index (χ3v) is 2.65. The van der Waals surface area contributed by atoms with Gasteiger partial charge in [0.05, 0.1) is 5.92 Å². The van der Waals surface area contributed by atoms with Gasteiger partial charge in [0.15, 0.2) is 0 Å². The van der Waals surface area contributed by atoms with Crippen LogP contribution >= 0.6 is 0 Å². The first-order valence-corrected chi connectivity index (χ1v) is 7.22. The lowest BCUT2D eigenvalue weighted by Gasteiger charge is -2.19. The molecule has 0 aliphatic carbocycles. The van der Waals surface area contributed by atoms with Crippen molar-refractivity contribution in [2.45, 2.75) is 59.5 Å². The van der Waals surface area contributed by atoms with E-state index >= 15 is 0 Å². The highest BCUT2D eigenvalue weighted by atomic mass is 16.6. The molecular weight excluding hydrogens is 274 g/mol. The van der Waals surface area contributed by atoms with Gasteiger partial charge in [-0.25, -0.2) is 4.79 Å². The molecule has 1 amide bonds. The molecule has 0 spiro atoms. The maximum atomic E-state index is 11.8. The SMILES string of the molecule is CC(C)CC(CC(=O)CCNC(=O)OC(C)(C)C)C(=O)O. The maximum absolute atomic E-state index is 11.8. The number of ether oxygens (including phenoxy) is 1. The van der Waals surface area contributed by atoms with Crippen LogP contribution in [0, 0.1) is 11.8 Å². The summed E-state index contributed by atoms with van der Waals surface area (Å²) in [6.45, 7) is 9.25. The number of aliphatic carboxylic acids is 1. The molecule has 1 unspecified atom stereocenters. The monoisotopic (exact) mass is 301 g/mol. The number of hydrogen-bond acceptors (Lipinski definition) is 4. The molecule has 0 aliphatic heterocycles. The van der Waals surface area contributed by atoms with Crippen molar-refractivity contribution in [2.24, 2.45) is 11.8 Å². The lowest BCUT2D eigenvalue weighted by Crippen LogP contribution is -2.33. The Hall–Kier alpha value is -1.59. The first-order valence-electron chi connectivity index (χ1n) is 7.22. The summed E-state index contributed by atoms with van der Waals surface area (Å²) in [7, 11) is 0. The Morgan fingerprint density at radius 1 is 1.19 bits per heavy atom. The zero-order chi connectivity index (χ0) is 16.6. The first kappa shape index (κ1) is 19.4. The van der Waals surface area contributed by atoms with Crippen LogP contribution in [0.1, 0.15) is 53.9 Å². The fraction of sp³-hybridized carbons (Fsp3) is 0.800. The van der Waals surface area contributed by atoms with Gasteiger partial charge in [-0.3, -0.25) is 9.59 Å². The zero-order valence-corrected chi connectivity index (χ0v) is 13.6. The van der Waals surface area contributed by atoms with E-state index in [1.807, 2.05) is 13.8 Å². The van der Waals surface area contributed by atoms with Gasteiger partial charge in [0.2, 0.25) is 0 Å². The molecule has 1 atom stereocenters. The number of carbonyl (C=O) groups excluding carboxylic acids is 2. The fourth-order valence-corrected chi connectivity index (χ4v) is 1.84. The normalized spacial score (nSPS) is 12.9. The number of nitrogens with one attached hydrogen (secondary N) is 1. The highest BCUT2D eigenvalue weighted by Crippen LogP contribution is 2.16. The van der Waals surface area contributed by atoms with Crippen molar-refractivity contribution >= 4 is 17.8 Å². The van der Waals surface area contributed by atoms with Gasteiger partial charge in [-0.05, 0) is 33.1 Å². The quantitative estimate of drug-likeness (QED) is 0.719. The summed E-state index contributed by atoms with van der Waals surface area (Å²) in [6.07, 6.45) is 0.0119. The molecule has 0 aliphatic rings. The smallest absolute Gasteiger partial charge is 0.407 e. The van der Waals surface area contributed by atoms with Crippen LogP contribution in [0.2, 0.25) is 0 Å². The first-order chi connectivity index (χ1) is 9.51. The predicted octanol–water partition coefficient (Wildman–Crippen LogP) is 2.61. The topological polar surface area (TPSA) is 92.7 Å². The lowest BCUT2D eigenvalue weighted by molar-refractivity contribution is -0.144. The third-order valence-electron chi connectivity index (χ3n) is 2.65. The van der Waals surface area contributed by atoms with Crippen LogP contribution in [0.4, 0.5) is 4.79 Å². The highest BCUT2D eigenvalue weighted by molar-refractivity contribution is 5.84. The molecule has 0 bridgehead atoms. The molecule has 21 heavy (non-hydrogen) atoms. The molecule has 0 saturated carbocycles. The Bertz CT molecular complexity index is 371. The Morgan fingerprint density at radius 2 is 1.76 bits per heavy atom. The van der Waals surface area contributed by atoms with Crippen molar-refractivity contribution in [2.75, 3.05) is 6.54 Å². The summed E-state index contributed by atoms with van der Waals surface area (Å²) < 4.78 is 5.04. The molecule has 6 heteroatoms. The van der Waals surface area contributed by atoms with Crippen LogP contribution in [0.3, 0.4) is 0 Å². The largest absolute Gasteiger partial charge is 0.481 e. The maximum Gasteiger partial charge on any atom is 0.407 e. The number of carboxylic acids is 1. The van der Waals surface area contributed by atoms with E-state index in [2.05, 4.69) is 5.32 Å². The van der Waals surface area contributed by atoms with Crippen LogP contribution in [0.5, 0.6) is 0 Å². The van der Waals surface area contributed by atoms with Crippen molar-refractivity contribution < 1.29 is 24.2 Å². The second-order valence-electron chi connectivity index (χ2n) is 6.59. The molecule has 0 aromatic rings. The summed E-state index contributed by atoms with van der Waals surface area (Å²) in [4.78, 5) is 34.2. The van der Waals surface area contributed by atoms with Crippen molar-refractivity contribution in [3.05, 3.63) is 0 Å². The van der Waals surface area contributed by atoms with Crippen molar-refractivity contribution in [3.63, 3.8) is 0 Å². The summed E-state index contributed by atoms with van der Waals surface area (Å²) in [6, 6.07) is 0. The van der Waals surface area contributed by atoms with Gasteiger partial charge in [-0.15, -0.1) is 0 Å². The van der Waals surface area contributed by atoms with Gasteiger partial charge in [0.1, 0.15) is 11.4 Å². The third kappa shape index (κ3) is 10.8. The molecule has 2 N–H and O–H groups in total. The van der Waals surface area contributed by atoms with E-state index in [1.165, 1.54) is 0 Å². The highest BCUT2D eigenvalue weighted by Gasteiger charge is 2.22. The van der Waals surface area contributed by atoms with E-state index in [1.54, 1.807) is 20.8 Å². The fourth-order valence-electron chi connectivity index (χ4n) is 1.84. The zero-order valence-electron chi connectivity index (χ0n) is 13.6. The molecular formula is C15H27NO5. The van der Waals surface area contributed by atoms with Crippen LogP contribution in [0.15, 0.2) is 0 Å². The summed E-state index contributed by atoms with van der Waals surface area (Å²) in [5.74, 6) is -1.55. The van der Waals surface area contributed by atoms with Crippen molar-refractivity contribution in [1.29, 1.82) is 0 Å². The van der Waals surface area contributed by atoms with Gasteiger partial charge in [-0.2, -0.15) is 0 Å². The number of carbonyl (C=O) groups is 3. The number of carboxylic acid groups (broad SMARTS) is 1. The Morgan fingerprint density at radius 3 is 2.19 bits per heavy atom. The van der Waals surface area contributed by atoms with Crippen LogP contribution < -0.4 is 5.32 Å². The molecule has 122 valence electrons. The minimum absolute atomic E-state index is 0.00348. The van der Waals surface area contributed by atoms with Gasteiger partial charge in [-0.1, -0.05) is 13.8 Å². The second kappa shape index (κ2) is 8.64. The van der Waals surface area contributed by atoms with Gasteiger partial charge in [0.25, 0.3) is 0 Å². The summed E-state index contributed by atoms with van der Waals surface area (Å²) in [5, 5.41) is 11.6. The molecule has 0 aromatic carbocycles. The molecule has 0 rings (SSSR count). The molecule has 6 nitrogen and oxygen atoms in total. The summed E-state index contributed by atoms with van der Waals surface area (Å²) in [5.41, 5.74) is -0.584. The molecule has 0 aromatic heterocycles. The van der Waals surface area contributed by atoms with E-state index < -0.39 is 23.6 Å². The van der Waals surface area contributed by atoms with E-state index in [0.717, 1.165) is 0 Å². The Kier molecular flexibility index (Phi) is 7.99. The average Bonchev–Trinajstić information content (AvgIpc) is 2.24. The number of alkyl carbamates (subject to hydrolysis) is 1. The lowest BCUT2D eigenvalue weighted by atomic mass is 9.92. The van der Waals surface area contributed by atoms with Crippen LogP contribution in [-0.2, 0) is 14.3 Å². The molecule has 0 heterocycles. The van der Waals surface area contributed by atoms with Gasteiger partial charge in [0, 0.05) is 19.4 Å². The number of Topliss-reactive ketones (excluding diaryl/α,β-unsaturated/α-hetero) is 1. The Balaban J connectivity index is 4.09. The van der Waals surface area contributed by atoms with Gasteiger partial charge >= 0.3 is 12.1 Å². The van der Waals surface area contributed by atoms with E-state index in [-0.39, 0.29) is 31.1 Å². The van der Waals surface area contributed by atoms with Crippen LogP contribution in [-0.4, -0.2) is 35.1 Å². The van der Waals surface area contributed by atoms with E-state index in [4.69, 9.17) is 9.84 Å². The standard InChI is InChI=1S/C15H27NO5/c1-10(2)8-11(13(18)19)9-12(17)6-7-16-14(20)21-15(3,4)5/h10-11H,6-9H2,1-5H3,(H,16,20)(H,18,19). The minimum Gasteiger partial charge on any atom is -0.481 e. The summed E-state index contributed by atoms with van der Waals surface area (Å²) >= 11 is 0. The second-order valence-corrected chi connectivity index (χ2v) is 6.59. The van der Waals surface area contributed by atoms with Crippen molar-refractivity contribution in [3.8, 4) is 0 Å². The van der Waals surface area contributed by atoms with Crippen LogP contribution in [0.25, 0.3) is 0 Å². The predicted molar refractivity (Wildman–Crippen MR) is 79.1 cm³/mol. The molecule has 0 fully saturated rings. The Labute approximate surface area is 126 Å². The number of rotatable bonds is 8. The number of amides is 1. The van der Waals surface area contributed by atoms with Gasteiger partial charge < -0.3 is 15.2 Å². The molecule has 0 saturated heterocycles. The average molecular weight is 301 g/mol. The van der Waals surface area contributed by atoms with E-state index in [0.29, 0.717) is 6.42 Å². The number of ketones is 1. The number of hydrogen-bond donors (Lipinski definition) is 2. The minimum atomic E-state index is -0.947. The molecule has 0 radical (unpaired) electrons. The van der Waals surface area contributed by atoms with Crippen molar-refractivity contribution in [1.82, 2.24) is 5.32 Å². The van der Waals surface area contributed by atoms with E-state index in [9.17, 15) is 14.4 Å².